The molecule has 0 radical (unpaired) electrons. The molecule has 4 heteroatoms. The van der Waals surface area contributed by atoms with Gasteiger partial charge in [0.25, 0.3) is 0 Å². The Morgan fingerprint density at radius 1 is 0.958 bits per heavy atom. The fraction of sp³-hybridized carbons (Fsp3) is 0.100. The highest BCUT2D eigenvalue weighted by Crippen LogP contribution is 2.32. The number of benzene rings is 2. The molecular formula is C20H18N2O2. The lowest BCUT2D eigenvalue weighted by atomic mass is 10.1. The molecule has 120 valence electrons. The zero-order valence-electron chi connectivity index (χ0n) is 13.6. The van der Waals surface area contributed by atoms with Crippen molar-refractivity contribution in [2.24, 2.45) is 0 Å². The molecule has 3 rings (SSSR count). The van der Waals surface area contributed by atoms with Crippen LogP contribution in [0.25, 0.3) is 28.7 Å². The third kappa shape index (κ3) is 3.43. The fourth-order valence-electron chi connectivity index (χ4n) is 2.28. The number of carbonyl (C=O) groups excluding carboxylic acids is 1. The molecule has 0 saturated heterocycles. The van der Waals surface area contributed by atoms with Crippen molar-refractivity contribution in [2.75, 3.05) is 14.1 Å². The number of hydrogen-bond donors (Lipinski definition) is 0. The highest BCUT2D eigenvalue weighted by Gasteiger charge is 2.15. The minimum Gasteiger partial charge on any atom is -0.436 e. The Morgan fingerprint density at radius 3 is 2.12 bits per heavy atom. The summed E-state index contributed by atoms with van der Waals surface area (Å²) < 4.78 is 5.92. The van der Waals surface area contributed by atoms with Crippen molar-refractivity contribution in [3.63, 3.8) is 0 Å². The van der Waals surface area contributed by atoms with E-state index in [1.54, 1.807) is 20.2 Å². The molecule has 0 aliphatic rings. The SMILES string of the molecule is CN(C)C(=O)/C=C/c1nc(-c2ccccc2)c(-c2ccccc2)o1. The van der Waals surface area contributed by atoms with Crippen LogP contribution in [0.15, 0.2) is 71.2 Å². The van der Waals surface area contributed by atoms with E-state index in [1.807, 2.05) is 60.7 Å². The quantitative estimate of drug-likeness (QED) is 0.680. The largest absolute Gasteiger partial charge is 0.436 e. The van der Waals surface area contributed by atoms with E-state index in [9.17, 15) is 4.79 Å². The maximum absolute atomic E-state index is 11.7. The van der Waals surface area contributed by atoms with Gasteiger partial charge >= 0.3 is 0 Å². The maximum atomic E-state index is 11.7. The van der Waals surface area contributed by atoms with Gasteiger partial charge in [-0.1, -0.05) is 60.7 Å². The van der Waals surface area contributed by atoms with Crippen molar-refractivity contribution in [3.8, 4) is 22.6 Å². The van der Waals surface area contributed by atoms with E-state index < -0.39 is 0 Å². The van der Waals surface area contributed by atoms with Gasteiger partial charge in [-0.15, -0.1) is 0 Å². The number of nitrogens with zero attached hydrogens (tertiary/aromatic N) is 2. The first-order valence-corrected chi connectivity index (χ1v) is 7.66. The van der Waals surface area contributed by atoms with Crippen LogP contribution in [0.3, 0.4) is 0 Å². The molecule has 0 spiro atoms. The van der Waals surface area contributed by atoms with Crippen LogP contribution >= 0.6 is 0 Å². The highest BCUT2D eigenvalue weighted by molar-refractivity contribution is 5.91. The molecule has 0 fully saturated rings. The summed E-state index contributed by atoms with van der Waals surface area (Å²) >= 11 is 0. The van der Waals surface area contributed by atoms with Crippen LogP contribution in [0.1, 0.15) is 5.89 Å². The minimum absolute atomic E-state index is 0.115. The Kier molecular flexibility index (Phi) is 4.57. The van der Waals surface area contributed by atoms with E-state index in [0.717, 1.165) is 16.8 Å². The Morgan fingerprint density at radius 2 is 1.54 bits per heavy atom. The van der Waals surface area contributed by atoms with Crippen molar-refractivity contribution in [3.05, 3.63) is 72.6 Å². The molecule has 0 saturated carbocycles. The molecule has 0 aliphatic heterocycles. The number of aromatic nitrogens is 1. The molecule has 0 aliphatic carbocycles. The van der Waals surface area contributed by atoms with Crippen LogP contribution in [-0.4, -0.2) is 29.9 Å². The predicted molar refractivity (Wildman–Crippen MR) is 95.1 cm³/mol. The average Bonchev–Trinajstić information content (AvgIpc) is 3.05. The van der Waals surface area contributed by atoms with Crippen molar-refractivity contribution in [2.45, 2.75) is 0 Å². The summed E-state index contributed by atoms with van der Waals surface area (Å²) in [6.45, 7) is 0. The van der Waals surface area contributed by atoms with Gasteiger partial charge < -0.3 is 9.32 Å². The van der Waals surface area contributed by atoms with Gasteiger partial charge in [0.1, 0.15) is 5.69 Å². The topological polar surface area (TPSA) is 46.3 Å². The zero-order chi connectivity index (χ0) is 16.9. The highest BCUT2D eigenvalue weighted by atomic mass is 16.4. The lowest BCUT2D eigenvalue weighted by Gasteiger charge is -2.04. The second-order valence-corrected chi connectivity index (χ2v) is 5.53. The van der Waals surface area contributed by atoms with Gasteiger partial charge in [0.15, 0.2) is 5.76 Å². The molecule has 0 atom stereocenters. The van der Waals surface area contributed by atoms with E-state index in [1.165, 1.54) is 11.0 Å². The third-order valence-corrected chi connectivity index (χ3v) is 3.54. The van der Waals surface area contributed by atoms with Crippen LogP contribution in [-0.2, 0) is 4.79 Å². The van der Waals surface area contributed by atoms with Gasteiger partial charge in [0.2, 0.25) is 11.8 Å². The molecule has 0 bridgehead atoms. The second-order valence-electron chi connectivity index (χ2n) is 5.53. The van der Waals surface area contributed by atoms with Crippen LogP contribution in [0.4, 0.5) is 0 Å². The van der Waals surface area contributed by atoms with Gasteiger partial charge in [-0.3, -0.25) is 4.79 Å². The molecule has 2 aromatic carbocycles. The van der Waals surface area contributed by atoms with Crippen molar-refractivity contribution in [1.29, 1.82) is 0 Å². The maximum Gasteiger partial charge on any atom is 0.246 e. The normalized spacial score (nSPS) is 10.9. The predicted octanol–water partition coefficient (Wildman–Crippen LogP) is 4.11. The first-order valence-electron chi connectivity index (χ1n) is 7.66. The number of oxazole rings is 1. The van der Waals surface area contributed by atoms with E-state index in [2.05, 4.69) is 4.98 Å². The zero-order valence-corrected chi connectivity index (χ0v) is 13.6. The summed E-state index contributed by atoms with van der Waals surface area (Å²) in [5.74, 6) is 0.984. The summed E-state index contributed by atoms with van der Waals surface area (Å²) in [5.41, 5.74) is 2.68. The number of rotatable bonds is 4. The Hall–Kier alpha value is -3.14. The van der Waals surface area contributed by atoms with Gasteiger partial charge in [0.05, 0.1) is 0 Å². The lowest BCUT2D eigenvalue weighted by Crippen LogP contribution is -2.18. The summed E-state index contributed by atoms with van der Waals surface area (Å²) in [7, 11) is 3.40. The van der Waals surface area contributed by atoms with E-state index in [0.29, 0.717) is 11.7 Å². The van der Waals surface area contributed by atoms with E-state index in [4.69, 9.17) is 4.42 Å². The monoisotopic (exact) mass is 318 g/mol. The Bertz CT molecular complexity index is 793. The summed E-state index contributed by atoms with van der Waals surface area (Å²) in [6, 6.07) is 19.7. The van der Waals surface area contributed by atoms with Gasteiger partial charge in [-0.2, -0.15) is 0 Å². The van der Waals surface area contributed by atoms with E-state index >= 15 is 0 Å². The van der Waals surface area contributed by atoms with Crippen LogP contribution < -0.4 is 0 Å². The van der Waals surface area contributed by atoms with Crippen molar-refractivity contribution < 1.29 is 9.21 Å². The summed E-state index contributed by atoms with van der Waals surface area (Å²) in [6.07, 6.45) is 3.05. The van der Waals surface area contributed by atoms with Crippen LogP contribution in [0, 0.1) is 0 Å². The molecular weight excluding hydrogens is 300 g/mol. The molecule has 4 nitrogen and oxygen atoms in total. The van der Waals surface area contributed by atoms with Crippen molar-refractivity contribution >= 4 is 12.0 Å². The first-order chi connectivity index (χ1) is 11.6. The molecule has 0 unspecified atom stereocenters. The molecule has 1 heterocycles. The standard InChI is InChI=1S/C20H18N2O2/c1-22(2)18(23)14-13-17-21-19(15-9-5-3-6-10-15)20(24-17)16-11-7-4-8-12-16/h3-14H,1-2H3/b14-13+. The average molecular weight is 318 g/mol. The minimum atomic E-state index is -0.115. The number of hydrogen-bond acceptors (Lipinski definition) is 3. The second kappa shape index (κ2) is 6.96. The van der Waals surface area contributed by atoms with Gasteiger partial charge in [-0.25, -0.2) is 4.98 Å². The summed E-state index contributed by atoms with van der Waals surface area (Å²) in [4.78, 5) is 17.8. The smallest absolute Gasteiger partial charge is 0.246 e. The van der Waals surface area contributed by atoms with Crippen molar-refractivity contribution in [1.82, 2.24) is 9.88 Å². The van der Waals surface area contributed by atoms with Gasteiger partial charge in [-0.05, 0) is 0 Å². The molecule has 0 N–H and O–H groups in total. The van der Waals surface area contributed by atoms with E-state index in [-0.39, 0.29) is 5.91 Å². The molecule has 1 amide bonds. The lowest BCUT2D eigenvalue weighted by molar-refractivity contribution is -0.123. The Balaban J connectivity index is 2.05. The van der Waals surface area contributed by atoms with Crippen LogP contribution in [0.2, 0.25) is 0 Å². The Labute approximate surface area is 141 Å². The number of amides is 1. The third-order valence-electron chi connectivity index (χ3n) is 3.54. The molecule has 3 aromatic rings. The summed E-state index contributed by atoms with van der Waals surface area (Å²) in [5, 5.41) is 0. The first kappa shape index (κ1) is 15.7. The number of likely N-dealkylation sites (N-methyl/N-ethyl adjacent to an activating group) is 1. The molecule has 24 heavy (non-hydrogen) atoms. The number of carbonyl (C=O) groups is 1. The molecule has 1 aromatic heterocycles. The fourth-order valence-corrected chi connectivity index (χ4v) is 2.28. The van der Waals surface area contributed by atoms with Gasteiger partial charge in [0, 0.05) is 37.4 Å². The van der Waals surface area contributed by atoms with Crippen LogP contribution in [0.5, 0.6) is 0 Å².